The Kier molecular flexibility index (Phi) is 5.70. The molecule has 0 bridgehead atoms. The van der Waals surface area contributed by atoms with Crippen LogP contribution >= 0.6 is 0 Å². The van der Waals surface area contributed by atoms with Crippen LogP contribution in [0, 0.1) is 0 Å². The molecule has 5 nitrogen and oxygen atoms in total. The van der Waals surface area contributed by atoms with Crippen LogP contribution in [0.3, 0.4) is 0 Å². The summed E-state index contributed by atoms with van der Waals surface area (Å²) >= 11 is 0. The van der Waals surface area contributed by atoms with Gasteiger partial charge in [-0.3, -0.25) is 4.79 Å². The smallest absolute Gasteiger partial charge is 0.438 e. The maximum atomic E-state index is 13.0. The van der Waals surface area contributed by atoms with Crippen LogP contribution in [-0.2, 0) is 15.7 Å². The first-order valence-electron chi connectivity index (χ1n) is 9.33. The second kappa shape index (κ2) is 7.93. The van der Waals surface area contributed by atoms with E-state index in [1.807, 2.05) is 6.07 Å². The predicted molar refractivity (Wildman–Crippen MR) is 105 cm³/mol. The first-order valence-corrected chi connectivity index (χ1v) is 9.33. The highest BCUT2D eigenvalue weighted by Crippen LogP contribution is 2.33. The van der Waals surface area contributed by atoms with Crippen LogP contribution < -0.4 is 0 Å². The third kappa shape index (κ3) is 4.87. The molecule has 1 aliphatic heterocycles. The Morgan fingerprint density at radius 2 is 1.63 bits per heavy atom. The Hall–Kier alpha value is -3.16. The quantitative estimate of drug-likeness (QED) is 0.660. The van der Waals surface area contributed by atoms with Crippen molar-refractivity contribution in [1.29, 1.82) is 0 Å². The fraction of sp³-hybridized carbons (Fsp3) is 0.318. The van der Waals surface area contributed by atoms with E-state index in [1.165, 1.54) is 12.1 Å². The van der Waals surface area contributed by atoms with Crippen molar-refractivity contribution in [2.24, 2.45) is 5.10 Å². The molecular weight excluding hydrogens is 397 g/mol. The van der Waals surface area contributed by atoms with E-state index in [1.54, 1.807) is 45.0 Å². The SMILES string of the molecule is CC(C)(C)OC(=O)N1N=C(c2ccccc2)CC(c2ccc(C(F)(F)F)cc2)C1=O. The Morgan fingerprint density at radius 3 is 2.17 bits per heavy atom. The number of nitrogens with zero attached hydrogens (tertiary/aromatic N) is 2. The summed E-state index contributed by atoms with van der Waals surface area (Å²) in [5.41, 5.74) is -0.122. The summed E-state index contributed by atoms with van der Waals surface area (Å²) in [6.07, 6.45) is -5.26. The van der Waals surface area contributed by atoms with E-state index >= 15 is 0 Å². The molecule has 2 aromatic rings. The summed E-state index contributed by atoms with van der Waals surface area (Å²) in [6.45, 7) is 4.98. The molecule has 0 saturated heterocycles. The van der Waals surface area contributed by atoms with E-state index < -0.39 is 35.3 Å². The largest absolute Gasteiger partial charge is 0.442 e. The van der Waals surface area contributed by atoms with Crippen molar-refractivity contribution in [2.75, 3.05) is 0 Å². The highest BCUT2D eigenvalue weighted by atomic mass is 19.4. The second-order valence-corrected chi connectivity index (χ2v) is 7.92. The number of imide groups is 1. The summed E-state index contributed by atoms with van der Waals surface area (Å²) in [4.78, 5) is 25.6. The molecule has 30 heavy (non-hydrogen) atoms. The molecule has 1 unspecified atom stereocenters. The minimum absolute atomic E-state index is 0.146. The van der Waals surface area contributed by atoms with Gasteiger partial charge in [0.05, 0.1) is 17.2 Å². The minimum Gasteiger partial charge on any atom is -0.442 e. The number of benzene rings is 2. The first kappa shape index (κ1) is 21.5. The Morgan fingerprint density at radius 1 is 1.03 bits per heavy atom. The lowest BCUT2D eigenvalue weighted by molar-refractivity contribution is -0.137. The lowest BCUT2D eigenvalue weighted by atomic mass is 9.88. The summed E-state index contributed by atoms with van der Waals surface area (Å²) in [5, 5.41) is 4.86. The molecule has 2 amide bonds. The molecule has 0 fully saturated rings. The van der Waals surface area contributed by atoms with Crippen LogP contribution in [0.4, 0.5) is 18.0 Å². The third-order valence-corrected chi connectivity index (χ3v) is 4.44. The lowest BCUT2D eigenvalue weighted by Gasteiger charge is -2.30. The Balaban J connectivity index is 1.99. The number of hydrogen-bond acceptors (Lipinski definition) is 4. The van der Waals surface area contributed by atoms with Gasteiger partial charge in [0.25, 0.3) is 5.91 Å². The maximum Gasteiger partial charge on any atom is 0.438 e. The van der Waals surface area contributed by atoms with Crippen molar-refractivity contribution < 1.29 is 27.5 Å². The summed E-state index contributed by atoms with van der Waals surface area (Å²) in [5.74, 6) is -1.52. The number of halogens is 3. The molecule has 0 saturated carbocycles. The standard InChI is InChI=1S/C22H21F3N2O3/c1-21(2,3)30-20(29)27-19(28)17(13-18(26-27)15-7-5-4-6-8-15)14-9-11-16(12-10-14)22(23,24)25/h4-12,17H,13H2,1-3H3. The average Bonchev–Trinajstić information content (AvgIpc) is 2.67. The molecule has 0 N–H and O–H groups in total. The zero-order valence-electron chi connectivity index (χ0n) is 16.7. The van der Waals surface area contributed by atoms with Crippen molar-refractivity contribution in [3.05, 3.63) is 71.3 Å². The number of ether oxygens (including phenoxy) is 1. The minimum atomic E-state index is -4.48. The van der Waals surface area contributed by atoms with Crippen LogP contribution in [0.1, 0.15) is 49.8 Å². The maximum absolute atomic E-state index is 13.0. The van der Waals surface area contributed by atoms with E-state index in [4.69, 9.17) is 4.74 Å². The lowest BCUT2D eigenvalue weighted by Crippen LogP contribution is -2.43. The number of carbonyl (C=O) groups is 2. The molecular formula is C22H21F3N2O3. The Labute approximate surface area is 172 Å². The summed E-state index contributed by atoms with van der Waals surface area (Å²) < 4.78 is 44.0. The fourth-order valence-corrected chi connectivity index (χ4v) is 3.05. The van der Waals surface area contributed by atoms with Gasteiger partial charge < -0.3 is 4.74 Å². The molecule has 1 heterocycles. The number of hydrogen-bond donors (Lipinski definition) is 0. The van der Waals surface area contributed by atoms with Gasteiger partial charge in [-0.2, -0.15) is 18.3 Å². The number of hydrazone groups is 1. The molecule has 8 heteroatoms. The summed E-state index contributed by atoms with van der Waals surface area (Å²) in [6, 6.07) is 13.3. The second-order valence-electron chi connectivity index (χ2n) is 7.92. The molecule has 2 aromatic carbocycles. The molecule has 158 valence electrons. The van der Waals surface area contributed by atoms with Crippen molar-refractivity contribution in [3.63, 3.8) is 0 Å². The molecule has 0 spiro atoms. The van der Waals surface area contributed by atoms with E-state index in [2.05, 4.69) is 5.10 Å². The molecule has 3 rings (SSSR count). The van der Waals surface area contributed by atoms with Gasteiger partial charge in [-0.15, -0.1) is 5.01 Å². The highest BCUT2D eigenvalue weighted by molar-refractivity contribution is 6.09. The molecule has 0 aromatic heterocycles. The van der Waals surface area contributed by atoms with E-state index in [9.17, 15) is 22.8 Å². The van der Waals surface area contributed by atoms with Crippen LogP contribution in [0.2, 0.25) is 0 Å². The van der Waals surface area contributed by atoms with Crippen LogP contribution in [0.5, 0.6) is 0 Å². The van der Waals surface area contributed by atoms with Crippen LogP contribution in [0.25, 0.3) is 0 Å². The van der Waals surface area contributed by atoms with Crippen molar-refractivity contribution in [2.45, 2.75) is 44.9 Å². The van der Waals surface area contributed by atoms with Gasteiger partial charge in [0.1, 0.15) is 5.60 Å². The van der Waals surface area contributed by atoms with E-state index in [0.717, 1.165) is 12.1 Å². The zero-order valence-corrected chi connectivity index (χ0v) is 16.7. The molecule has 0 aliphatic carbocycles. The average molecular weight is 418 g/mol. The number of alkyl halides is 3. The monoisotopic (exact) mass is 418 g/mol. The van der Waals surface area contributed by atoms with Crippen molar-refractivity contribution in [3.8, 4) is 0 Å². The molecule has 1 atom stereocenters. The third-order valence-electron chi connectivity index (χ3n) is 4.44. The van der Waals surface area contributed by atoms with Gasteiger partial charge in [0, 0.05) is 6.42 Å². The predicted octanol–water partition coefficient (Wildman–Crippen LogP) is 5.36. The Bertz CT molecular complexity index is 962. The van der Waals surface area contributed by atoms with Crippen LogP contribution in [0.15, 0.2) is 59.7 Å². The van der Waals surface area contributed by atoms with Gasteiger partial charge in [0.2, 0.25) is 0 Å². The van der Waals surface area contributed by atoms with Crippen molar-refractivity contribution >= 4 is 17.7 Å². The molecule has 1 aliphatic rings. The van der Waals surface area contributed by atoms with E-state index in [0.29, 0.717) is 21.8 Å². The number of amides is 2. The molecule has 0 radical (unpaired) electrons. The highest BCUT2D eigenvalue weighted by Gasteiger charge is 2.38. The van der Waals surface area contributed by atoms with Crippen molar-refractivity contribution in [1.82, 2.24) is 5.01 Å². The van der Waals surface area contributed by atoms with Gasteiger partial charge in [-0.25, -0.2) is 4.79 Å². The normalized spacial score (nSPS) is 17.5. The summed E-state index contributed by atoms with van der Waals surface area (Å²) in [7, 11) is 0. The van der Waals surface area contributed by atoms with Crippen LogP contribution in [-0.4, -0.2) is 28.3 Å². The van der Waals surface area contributed by atoms with Gasteiger partial charge in [-0.05, 0) is 44.0 Å². The van der Waals surface area contributed by atoms with Gasteiger partial charge >= 0.3 is 12.3 Å². The number of rotatable bonds is 2. The van der Waals surface area contributed by atoms with E-state index in [-0.39, 0.29) is 6.42 Å². The topological polar surface area (TPSA) is 59.0 Å². The van der Waals surface area contributed by atoms with Gasteiger partial charge in [-0.1, -0.05) is 42.5 Å². The first-order chi connectivity index (χ1) is 14.0. The zero-order chi connectivity index (χ0) is 22.1. The van der Waals surface area contributed by atoms with Gasteiger partial charge in [0.15, 0.2) is 0 Å². The number of carbonyl (C=O) groups excluding carboxylic acids is 2. The fourth-order valence-electron chi connectivity index (χ4n) is 3.05.